The Morgan fingerprint density at radius 1 is 1.21 bits per heavy atom. The van der Waals surface area contributed by atoms with E-state index in [0.717, 1.165) is 12.8 Å². The molecule has 0 spiro atoms. The second-order valence-corrected chi connectivity index (χ2v) is 4.15. The summed E-state index contributed by atoms with van der Waals surface area (Å²) in [5.41, 5.74) is 1.23. The molecule has 0 saturated heterocycles. The largest absolute Gasteiger partial charge is 0.396 e. The van der Waals surface area contributed by atoms with Crippen LogP contribution in [0.25, 0.3) is 0 Å². The number of aliphatic hydroxyl groups excluding tert-OH is 1. The van der Waals surface area contributed by atoms with Gasteiger partial charge in [0.25, 0.3) is 0 Å². The summed E-state index contributed by atoms with van der Waals surface area (Å²) in [6, 6.07) is 6.13. The number of hydrogen-bond donors (Lipinski definition) is 1. The number of hydrogen-bond acceptors (Lipinski definition) is 2. The lowest BCUT2D eigenvalue weighted by atomic mass is 9.81. The van der Waals surface area contributed by atoms with Gasteiger partial charge >= 0.3 is 0 Å². The Balaban J connectivity index is 1.96. The molecular weight excluding hydrogens is 174 g/mol. The average Bonchev–Trinajstić information content (AvgIpc) is 2.30. The van der Waals surface area contributed by atoms with Gasteiger partial charge in [-0.15, -0.1) is 0 Å². The Morgan fingerprint density at radius 2 is 2.00 bits per heavy atom. The quantitative estimate of drug-likeness (QED) is 0.778. The maximum absolute atomic E-state index is 9.03. The van der Waals surface area contributed by atoms with Crippen molar-refractivity contribution in [2.75, 3.05) is 6.61 Å². The van der Waals surface area contributed by atoms with E-state index in [-0.39, 0.29) is 0 Å². The smallest absolute Gasteiger partial charge is 0.0459 e. The van der Waals surface area contributed by atoms with Gasteiger partial charge in [-0.2, -0.15) is 0 Å². The topological polar surface area (TPSA) is 33.1 Å². The summed E-state index contributed by atoms with van der Waals surface area (Å²) in [5, 5.41) is 9.03. The highest BCUT2D eigenvalue weighted by molar-refractivity contribution is 5.10. The van der Waals surface area contributed by atoms with Crippen LogP contribution in [-0.2, 0) is 0 Å². The minimum absolute atomic E-state index is 0.356. The van der Waals surface area contributed by atoms with Crippen molar-refractivity contribution in [1.29, 1.82) is 0 Å². The number of rotatable bonds is 2. The molecule has 14 heavy (non-hydrogen) atoms. The molecule has 1 aliphatic carbocycles. The third kappa shape index (κ3) is 2.13. The molecular formula is C12H17NO. The van der Waals surface area contributed by atoms with Gasteiger partial charge in [-0.1, -0.05) is 6.07 Å². The summed E-state index contributed by atoms with van der Waals surface area (Å²) in [6.07, 6.45) is 6.54. The second kappa shape index (κ2) is 4.56. The van der Waals surface area contributed by atoms with Crippen LogP contribution in [0.15, 0.2) is 24.4 Å². The van der Waals surface area contributed by atoms with Gasteiger partial charge in [0.05, 0.1) is 0 Å². The molecule has 0 radical (unpaired) electrons. The molecule has 0 unspecified atom stereocenters. The summed E-state index contributed by atoms with van der Waals surface area (Å²) < 4.78 is 0. The van der Waals surface area contributed by atoms with Crippen LogP contribution in [0.3, 0.4) is 0 Å². The molecule has 1 aromatic rings. The maximum atomic E-state index is 9.03. The Labute approximate surface area is 85.0 Å². The fourth-order valence-electron chi connectivity index (χ4n) is 2.26. The first-order valence-electron chi connectivity index (χ1n) is 5.42. The minimum Gasteiger partial charge on any atom is -0.396 e. The molecule has 76 valence electrons. The van der Waals surface area contributed by atoms with Crippen LogP contribution in [-0.4, -0.2) is 16.7 Å². The Hall–Kier alpha value is -0.890. The molecule has 0 amide bonds. The van der Waals surface area contributed by atoms with Gasteiger partial charge in [0.15, 0.2) is 0 Å². The van der Waals surface area contributed by atoms with Crippen molar-refractivity contribution >= 4 is 0 Å². The van der Waals surface area contributed by atoms with E-state index in [1.54, 1.807) is 0 Å². The van der Waals surface area contributed by atoms with E-state index in [1.807, 2.05) is 12.3 Å². The van der Waals surface area contributed by atoms with E-state index in [1.165, 1.54) is 18.5 Å². The molecule has 0 bridgehead atoms. The van der Waals surface area contributed by atoms with Gasteiger partial charge in [0.1, 0.15) is 0 Å². The Kier molecular flexibility index (Phi) is 3.14. The molecule has 1 aliphatic rings. The summed E-state index contributed by atoms with van der Waals surface area (Å²) in [7, 11) is 0. The summed E-state index contributed by atoms with van der Waals surface area (Å²) >= 11 is 0. The fraction of sp³-hybridized carbons (Fsp3) is 0.583. The van der Waals surface area contributed by atoms with Crippen LogP contribution in [0.4, 0.5) is 0 Å². The van der Waals surface area contributed by atoms with E-state index in [4.69, 9.17) is 5.11 Å². The maximum Gasteiger partial charge on any atom is 0.0459 e. The number of aliphatic hydroxyl groups is 1. The first-order valence-corrected chi connectivity index (χ1v) is 5.42. The van der Waals surface area contributed by atoms with Crippen molar-refractivity contribution in [1.82, 2.24) is 4.98 Å². The molecule has 2 rings (SSSR count). The van der Waals surface area contributed by atoms with Gasteiger partial charge < -0.3 is 5.11 Å². The van der Waals surface area contributed by atoms with Gasteiger partial charge in [-0.25, -0.2) is 0 Å². The lowest BCUT2D eigenvalue weighted by molar-refractivity contribution is 0.182. The third-order valence-corrected chi connectivity index (χ3v) is 3.21. The van der Waals surface area contributed by atoms with E-state index in [0.29, 0.717) is 18.4 Å². The third-order valence-electron chi connectivity index (χ3n) is 3.21. The lowest BCUT2D eigenvalue weighted by Crippen LogP contribution is -2.16. The first kappa shape index (κ1) is 9.66. The Bertz CT molecular complexity index is 265. The minimum atomic E-state index is 0.356. The van der Waals surface area contributed by atoms with E-state index < -0.39 is 0 Å². The fourth-order valence-corrected chi connectivity index (χ4v) is 2.26. The molecule has 2 nitrogen and oxygen atoms in total. The van der Waals surface area contributed by atoms with E-state index in [9.17, 15) is 0 Å². The summed E-state index contributed by atoms with van der Waals surface area (Å²) in [4.78, 5) is 4.39. The summed E-state index contributed by atoms with van der Waals surface area (Å²) in [5.74, 6) is 1.16. The number of aromatic nitrogens is 1. The molecule has 2 heteroatoms. The molecule has 1 heterocycles. The summed E-state index contributed by atoms with van der Waals surface area (Å²) in [6.45, 7) is 0.356. The molecule has 1 N–H and O–H groups in total. The van der Waals surface area contributed by atoms with Crippen LogP contribution >= 0.6 is 0 Å². The van der Waals surface area contributed by atoms with Crippen molar-refractivity contribution in [3.05, 3.63) is 30.1 Å². The average molecular weight is 191 g/mol. The number of pyridine rings is 1. The molecule has 0 aromatic carbocycles. The molecule has 1 aromatic heterocycles. The van der Waals surface area contributed by atoms with Crippen molar-refractivity contribution in [3.8, 4) is 0 Å². The highest BCUT2D eigenvalue weighted by Crippen LogP contribution is 2.34. The predicted molar refractivity (Wildman–Crippen MR) is 56.0 cm³/mol. The standard InChI is InChI=1S/C12H17NO/c14-9-10-4-6-11(7-5-10)12-3-1-2-8-13-12/h1-3,8,10-11,14H,4-7,9H2. The van der Waals surface area contributed by atoms with E-state index in [2.05, 4.69) is 17.1 Å². The van der Waals surface area contributed by atoms with Gasteiger partial charge in [-0.3, -0.25) is 4.98 Å². The molecule has 0 atom stereocenters. The highest BCUT2D eigenvalue weighted by Gasteiger charge is 2.22. The van der Waals surface area contributed by atoms with Gasteiger partial charge in [0, 0.05) is 24.4 Å². The van der Waals surface area contributed by atoms with Crippen molar-refractivity contribution in [3.63, 3.8) is 0 Å². The normalized spacial score (nSPS) is 27.5. The zero-order chi connectivity index (χ0) is 9.80. The zero-order valence-corrected chi connectivity index (χ0v) is 8.39. The van der Waals surface area contributed by atoms with Crippen LogP contribution in [0.2, 0.25) is 0 Å². The van der Waals surface area contributed by atoms with Crippen LogP contribution < -0.4 is 0 Å². The van der Waals surface area contributed by atoms with Crippen LogP contribution in [0.5, 0.6) is 0 Å². The SMILES string of the molecule is OCC1CCC(c2ccccn2)CC1. The van der Waals surface area contributed by atoms with Crippen LogP contribution in [0, 0.1) is 5.92 Å². The monoisotopic (exact) mass is 191 g/mol. The van der Waals surface area contributed by atoms with E-state index >= 15 is 0 Å². The van der Waals surface area contributed by atoms with Gasteiger partial charge in [0.2, 0.25) is 0 Å². The predicted octanol–water partition coefficient (Wildman–Crippen LogP) is 2.35. The zero-order valence-electron chi connectivity index (χ0n) is 8.39. The molecule has 1 fully saturated rings. The highest BCUT2D eigenvalue weighted by atomic mass is 16.3. The van der Waals surface area contributed by atoms with Gasteiger partial charge in [-0.05, 0) is 43.7 Å². The molecule has 1 saturated carbocycles. The first-order chi connectivity index (χ1) is 6.90. The van der Waals surface area contributed by atoms with Crippen LogP contribution in [0.1, 0.15) is 37.3 Å². The molecule has 0 aliphatic heterocycles. The lowest BCUT2D eigenvalue weighted by Gasteiger charge is -2.26. The Morgan fingerprint density at radius 3 is 2.57 bits per heavy atom. The number of nitrogens with zero attached hydrogens (tertiary/aromatic N) is 1. The van der Waals surface area contributed by atoms with Crippen molar-refractivity contribution < 1.29 is 5.11 Å². The second-order valence-electron chi connectivity index (χ2n) is 4.15. The van der Waals surface area contributed by atoms with Crippen molar-refractivity contribution in [2.45, 2.75) is 31.6 Å². The van der Waals surface area contributed by atoms with Crippen molar-refractivity contribution in [2.24, 2.45) is 5.92 Å².